The average Bonchev–Trinajstić information content (AvgIpc) is 3.44. The van der Waals surface area contributed by atoms with Gasteiger partial charge in [0.05, 0.1) is 6.10 Å². The van der Waals surface area contributed by atoms with E-state index in [1.807, 2.05) is 4.90 Å². The van der Waals surface area contributed by atoms with Gasteiger partial charge in [-0.3, -0.25) is 4.79 Å². The Bertz CT molecular complexity index is 636. The van der Waals surface area contributed by atoms with Gasteiger partial charge in [-0.2, -0.15) is 0 Å². The van der Waals surface area contributed by atoms with Gasteiger partial charge >= 0.3 is 0 Å². The lowest BCUT2D eigenvalue weighted by Gasteiger charge is -2.48. The third-order valence-electron chi connectivity index (χ3n) is 6.05. The van der Waals surface area contributed by atoms with Crippen LogP contribution in [0.25, 0.3) is 0 Å². The van der Waals surface area contributed by atoms with Crippen molar-refractivity contribution in [2.24, 2.45) is 5.41 Å². The largest absolute Gasteiger partial charge is 0.392 e. The first-order valence-electron chi connectivity index (χ1n) is 9.57. The summed E-state index contributed by atoms with van der Waals surface area (Å²) in [6.45, 7) is 4.97. The molecule has 3 fully saturated rings. The Morgan fingerprint density at radius 1 is 1.28 bits per heavy atom. The summed E-state index contributed by atoms with van der Waals surface area (Å²) in [6.07, 6.45) is 7.52. The summed E-state index contributed by atoms with van der Waals surface area (Å²) in [5.41, 5.74) is 1.41. The van der Waals surface area contributed by atoms with E-state index in [1.165, 1.54) is 18.5 Å². The number of carbonyl (C=O) groups excluding carboxylic acids is 1. The Kier molecular flexibility index (Phi) is 4.40. The molecule has 3 aliphatic rings. The molecule has 1 spiro atoms. The highest BCUT2D eigenvalue weighted by Gasteiger charge is 2.41. The molecule has 1 aliphatic carbocycles. The molecule has 6 heteroatoms. The molecular formula is C19H28N4O2. The van der Waals surface area contributed by atoms with E-state index in [9.17, 15) is 9.90 Å². The minimum Gasteiger partial charge on any atom is -0.392 e. The first kappa shape index (κ1) is 16.8. The molecule has 2 saturated heterocycles. The third-order valence-corrected chi connectivity index (χ3v) is 6.05. The molecular weight excluding hydrogens is 316 g/mol. The number of hydrogen-bond donors (Lipinski definition) is 1. The second kappa shape index (κ2) is 6.56. The minimum atomic E-state index is -0.457. The van der Waals surface area contributed by atoms with E-state index in [-0.39, 0.29) is 11.3 Å². The number of amides is 1. The van der Waals surface area contributed by atoms with Crippen LogP contribution in [0, 0.1) is 5.41 Å². The van der Waals surface area contributed by atoms with E-state index in [4.69, 9.17) is 0 Å². The summed E-state index contributed by atoms with van der Waals surface area (Å²) >= 11 is 0. The van der Waals surface area contributed by atoms with E-state index in [1.54, 1.807) is 13.3 Å². The zero-order valence-electron chi connectivity index (χ0n) is 15.0. The number of carbonyl (C=O) groups is 1. The van der Waals surface area contributed by atoms with Gasteiger partial charge in [0, 0.05) is 50.3 Å². The van der Waals surface area contributed by atoms with Gasteiger partial charge in [-0.25, -0.2) is 9.97 Å². The van der Waals surface area contributed by atoms with E-state index in [0.717, 1.165) is 44.7 Å². The Labute approximate surface area is 149 Å². The molecule has 2 aliphatic heterocycles. The van der Waals surface area contributed by atoms with Crippen molar-refractivity contribution in [3.8, 4) is 0 Å². The van der Waals surface area contributed by atoms with Gasteiger partial charge in [0.1, 0.15) is 12.1 Å². The number of hydrogen-bond acceptors (Lipinski definition) is 5. The molecule has 1 atom stereocenters. The summed E-state index contributed by atoms with van der Waals surface area (Å²) < 4.78 is 0. The number of piperidine rings is 2. The lowest BCUT2D eigenvalue weighted by molar-refractivity contribution is -0.139. The molecule has 136 valence electrons. The van der Waals surface area contributed by atoms with Crippen LogP contribution in [-0.2, 0) is 4.79 Å². The zero-order valence-corrected chi connectivity index (χ0v) is 15.0. The van der Waals surface area contributed by atoms with Crippen LogP contribution in [0.5, 0.6) is 0 Å². The molecule has 6 nitrogen and oxygen atoms in total. The van der Waals surface area contributed by atoms with Crippen LogP contribution in [0.15, 0.2) is 12.4 Å². The number of aliphatic hydroxyl groups is 1. The molecule has 3 heterocycles. The topological polar surface area (TPSA) is 69.6 Å². The summed E-state index contributed by atoms with van der Waals surface area (Å²) in [4.78, 5) is 25.3. The maximum absolute atomic E-state index is 12.1. The number of rotatable bonds is 4. The monoisotopic (exact) mass is 344 g/mol. The number of β-amino-alcohol motifs (C(OH)–C–C–N with tert-alkyl or cyclic N) is 1. The average molecular weight is 344 g/mol. The van der Waals surface area contributed by atoms with Crippen molar-refractivity contribution in [2.75, 3.05) is 31.1 Å². The van der Waals surface area contributed by atoms with Crippen LogP contribution < -0.4 is 4.90 Å². The number of aromatic nitrogens is 2. The maximum Gasteiger partial charge on any atom is 0.222 e. The lowest BCUT2D eigenvalue weighted by Crippen LogP contribution is -2.53. The quantitative estimate of drug-likeness (QED) is 0.904. The Hall–Kier alpha value is -1.69. The Morgan fingerprint density at radius 3 is 2.72 bits per heavy atom. The summed E-state index contributed by atoms with van der Waals surface area (Å²) in [5.74, 6) is 1.90. The van der Waals surface area contributed by atoms with Gasteiger partial charge in [0.2, 0.25) is 5.91 Å². The molecule has 1 N–H and O–H groups in total. The highest BCUT2D eigenvalue weighted by molar-refractivity contribution is 5.77. The molecule has 0 bridgehead atoms. The predicted molar refractivity (Wildman–Crippen MR) is 95.4 cm³/mol. The van der Waals surface area contributed by atoms with E-state index in [0.29, 0.717) is 18.9 Å². The first-order chi connectivity index (χ1) is 12.0. The fourth-order valence-electron chi connectivity index (χ4n) is 4.34. The van der Waals surface area contributed by atoms with Gasteiger partial charge in [-0.05, 0) is 44.4 Å². The second-order valence-electron chi connectivity index (χ2n) is 8.19. The highest BCUT2D eigenvalue weighted by Crippen LogP contribution is 2.42. The highest BCUT2D eigenvalue weighted by atomic mass is 16.3. The van der Waals surface area contributed by atoms with Gasteiger partial charge in [0.25, 0.3) is 0 Å². The van der Waals surface area contributed by atoms with E-state index in [2.05, 4.69) is 20.9 Å². The third kappa shape index (κ3) is 3.64. The molecule has 1 amide bonds. The van der Waals surface area contributed by atoms with Crippen LogP contribution >= 0.6 is 0 Å². The first-order valence-corrected chi connectivity index (χ1v) is 9.57. The number of anilines is 1. The Morgan fingerprint density at radius 2 is 2.04 bits per heavy atom. The fraction of sp³-hybridized carbons (Fsp3) is 0.737. The van der Waals surface area contributed by atoms with Crippen molar-refractivity contribution in [1.29, 1.82) is 0 Å². The van der Waals surface area contributed by atoms with Crippen LogP contribution in [0.2, 0.25) is 0 Å². The SMILES string of the molecule is CC(O)CN1CC2(CCC1=O)CCN(c1cc(C3CC3)ncn1)CC2. The van der Waals surface area contributed by atoms with Crippen LogP contribution in [0.1, 0.15) is 57.1 Å². The molecule has 0 radical (unpaired) electrons. The molecule has 25 heavy (non-hydrogen) atoms. The Balaban J connectivity index is 1.40. The van der Waals surface area contributed by atoms with Crippen LogP contribution in [0.3, 0.4) is 0 Å². The smallest absolute Gasteiger partial charge is 0.222 e. The zero-order chi connectivity index (χ0) is 17.4. The molecule has 4 rings (SSSR count). The van der Waals surface area contributed by atoms with E-state index >= 15 is 0 Å². The van der Waals surface area contributed by atoms with Gasteiger partial charge < -0.3 is 14.9 Å². The van der Waals surface area contributed by atoms with Gasteiger partial charge in [-0.15, -0.1) is 0 Å². The number of likely N-dealkylation sites (tertiary alicyclic amines) is 1. The normalized spacial score (nSPS) is 24.6. The maximum atomic E-state index is 12.1. The van der Waals surface area contributed by atoms with Crippen LogP contribution in [0.4, 0.5) is 5.82 Å². The molecule has 1 saturated carbocycles. The lowest BCUT2D eigenvalue weighted by atomic mass is 9.72. The standard InChI is InChI=1S/C19H28N4O2/c1-14(24)11-23-12-19(5-4-18(23)25)6-8-22(9-7-19)17-10-16(15-2-3-15)20-13-21-17/h10,13-15,24H,2-9,11-12H2,1H3. The van der Waals surface area contributed by atoms with Crippen molar-refractivity contribution in [3.63, 3.8) is 0 Å². The minimum absolute atomic E-state index is 0.193. The summed E-state index contributed by atoms with van der Waals surface area (Å²) in [7, 11) is 0. The van der Waals surface area contributed by atoms with Crippen molar-refractivity contribution in [1.82, 2.24) is 14.9 Å². The van der Waals surface area contributed by atoms with Crippen molar-refractivity contribution in [2.45, 2.75) is 57.5 Å². The van der Waals surface area contributed by atoms with Gasteiger partial charge in [0.15, 0.2) is 0 Å². The second-order valence-corrected chi connectivity index (χ2v) is 8.19. The van der Waals surface area contributed by atoms with Crippen LogP contribution in [-0.4, -0.2) is 58.2 Å². The number of nitrogens with zero attached hydrogens (tertiary/aromatic N) is 4. The molecule has 1 aromatic rings. The fourth-order valence-corrected chi connectivity index (χ4v) is 4.34. The van der Waals surface area contributed by atoms with Crippen molar-refractivity contribution < 1.29 is 9.90 Å². The van der Waals surface area contributed by atoms with Crippen molar-refractivity contribution >= 4 is 11.7 Å². The molecule has 1 aromatic heterocycles. The predicted octanol–water partition coefficient (Wildman–Crippen LogP) is 1.94. The number of aliphatic hydroxyl groups excluding tert-OH is 1. The summed E-state index contributed by atoms with van der Waals surface area (Å²) in [5, 5.41) is 9.66. The molecule has 0 aromatic carbocycles. The summed E-state index contributed by atoms with van der Waals surface area (Å²) in [6, 6.07) is 2.17. The molecule has 1 unspecified atom stereocenters. The van der Waals surface area contributed by atoms with E-state index < -0.39 is 6.10 Å². The van der Waals surface area contributed by atoms with Crippen molar-refractivity contribution in [3.05, 3.63) is 18.1 Å². The van der Waals surface area contributed by atoms with Gasteiger partial charge in [-0.1, -0.05) is 0 Å².